The summed E-state index contributed by atoms with van der Waals surface area (Å²) in [5.41, 5.74) is -2.42. The van der Waals surface area contributed by atoms with Crippen LogP contribution < -0.4 is 4.74 Å². The summed E-state index contributed by atoms with van der Waals surface area (Å²) in [4.78, 5) is 0. The molecule has 2 heterocycles. The third-order valence-electron chi connectivity index (χ3n) is 8.79. The highest BCUT2D eigenvalue weighted by molar-refractivity contribution is 9.10. The van der Waals surface area contributed by atoms with E-state index in [2.05, 4.69) is 31.9 Å². The molecule has 6 rings (SSSR count). The molecular formula is C32H31Br2F3O9. The zero-order valence-corrected chi connectivity index (χ0v) is 27.5. The summed E-state index contributed by atoms with van der Waals surface area (Å²) in [6.45, 7) is 0.543. The van der Waals surface area contributed by atoms with Crippen molar-refractivity contribution < 1.29 is 57.3 Å². The molecule has 3 aromatic rings. The van der Waals surface area contributed by atoms with Gasteiger partial charge in [-0.05, 0) is 54.1 Å². The van der Waals surface area contributed by atoms with Gasteiger partial charge in [-0.1, -0.05) is 44.0 Å². The Labute approximate surface area is 279 Å². The predicted octanol–water partition coefficient (Wildman–Crippen LogP) is 5.01. The van der Waals surface area contributed by atoms with Crippen LogP contribution in [-0.2, 0) is 30.7 Å². The van der Waals surface area contributed by atoms with Crippen molar-refractivity contribution >= 4 is 31.9 Å². The maximum Gasteiger partial charge on any atom is 0.416 e. The highest BCUT2D eigenvalue weighted by Gasteiger charge is 2.57. The van der Waals surface area contributed by atoms with Crippen LogP contribution in [0.2, 0.25) is 0 Å². The molecule has 14 heteroatoms. The average molecular weight is 776 g/mol. The maximum absolute atomic E-state index is 14.1. The fourth-order valence-corrected chi connectivity index (χ4v) is 7.10. The van der Waals surface area contributed by atoms with Crippen LogP contribution >= 0.6 is 31.9 Å². The van der Waals surface area contributed by atoms with Crippen LogP contribution in [0.1, 0.15) is 35.1 Å². The van der Waals surface area contributed by atoms with Gasteiger partial charge in [0.05, 0.1) is 18.8 Å². The van der Waals surface area contributed by atoms with Crippen molar-refractivity contribution in [2.75, 3.05) is 20.3 Å². The summed E-state index contributed by atoms with van der Waals surface area (Å²) in [6.07, 6.45) is -14.8. The molecule has 1 saturated heterocycles. The van der Waals surface area contributed by atoms with E-state index in [1.54, 1.807) is 36.4 Å². The van der Waals surface area contributed by atoms with Crippen LogP contribution in [0.3, 0.4) is 0 Å². The number of methoxy groups -OCH3 is 1. The Morgan fingerprint density at radius 1 is 0.761 bits per heavy atom. The number of rotatable bonds is 6. The van der Waals surface area contributed by atoms with Crippen LogP contribution in [0.5, 0.6) is 11.5 Å². The van der Waals surface area contributed by atoms with Crippen LogP contribution in [0.15, 0.2) is 69.6 Å². The van der Waals surface area contributed by atoms with E-state index < -0.39 is 59.8 Å². The molecule has 0 aromatic heterocycles. The van der Waals surface area contributed by atoms with Gasteiger partial charge in [-0.15, -0.1) is 0 Å². The van der Waals surface area contributed by atoms with Crippen LogP contribution in [-0.4, -0.2) is 83.2 Å². The van der Waals surface area contributed by atoms with Crippen molar-refractivity contribution in [1.29, 1.82) is 0 Å². The standard InChI is InChI=1S/C32H31Br2F3O9/c1-42-30(9-11-43-12-10-30)45-28-25(39)24(38)26(40)29(27(28)41)46-31(16-3-2-4-17(13-16)32(35,36)37)20-14-18(33)5-7-22(20)44-23-8-6-19(34)15-21(23)31/h2-8,13-15,24-29,38-41H,9-12H2,1H3/t24-,25-,26+,27-,28-,29-/m1/s1. The number of aliphatic hydroxyl groups excluding tert-OH is 4. The summed E-state index contributed by atoms with van der Waals surface area (Å²) in [6, 6.07) is 14.4. The molecule has 0 radical (unpaired) electrons. The predicted molar refractivity (Wildman–Crippen MR) is 163 cm³/mol. The lowest BCUT2D eigenvalue weighted by molar-refractivity contribution is -0.334. The SMILES string of the molecule is COC1(O[C@H]2[C@@H](O)[C@H](OC3(c4cccc(C(F)(F)F)c4)c4cc(Br)ccc4Oc4ccc(Br)cc43)[C@@H](O)[C@H](O)[C@H]2O)CCOCC1. The molecule has 0 amide bonds. The monoisotopic (exact) mass is 774 g/mol. The number of hydrogen-bond donors (Lipinski definition) is 4. The minimum absolute atomic E-state index is 0.000374. The second-order valence-electron chi connectivity index (χ2n) is 11.5. The first kappa shape index (κ1) is 33.8. The first-order valence-electron chi connectivity index (χ1n) is 14.5. The van der Waals surface area contributed by atoms with Gasteiger partial charge in [0.1, 0.15) is 48.1 Å². The molecule has 4 N–H and O–H groups in total. The van der Waals surface area contributed by atoms with Gasteiger partial charge >= 0.3 is 6.18 Å². The van der Waals surface area contributed by atoms with E-state index in [0.717, 1.165) is 12.1 Å². The minimum atomic E-state index is -4.72. The lowest BCUT2D eigenvalue weighted by atomic mass is 9.76. The minimum Gasteiger partial charge on any atom is -0.457 e. The van der Waals surface area contributed by atoms with Gasteiger partial charge in [0, 0.05) is 40.0 Å². The van der Waals surface area contributed by atoms with E-state index in [4.69, 9.17) is 23.7 Å². The summed E-state index contributed by atoms with van der Waals surface area (Å²) in [5.74, 6) is -0.808. The number of benzene rings is 3. The number of hydrogen-bond acceptors (Lipinski definition) is 9. The van der Waals surface area contributed by atoms with Crippen molar-refractivity contribution in [3.8, 4) is 11.5 Å². The molecule has 3 aromatic carbocycles. The fourth-order valence-electron chi connectivity index (χ4n) is 6.38. The second-order valence-corrected chi connectivity index (χ2v) is 13.3. The normalized spacial score (nSPS) is 28.6. The Morgan fingerprint density at radius 2 is 1.33 bits per heavy atom. The van der Waals surface area contributed by atoms with Gasteiger partial charge in [-0.2, -0.15) is 13.2 Å². The van der Waals surface area contributed by atoms with Gasteiger partial charge in [-0.3, -0.25) is 0 Å². The largest absolute Gasteiger partial charge is 0.457 e. The van der Waals surface area contributed by atoms with Gasteiger partial charge in [0.25, 0.3) is 0 Å². The summed E-state index contributed by atoms with van der Waals surface area (Å²) in [7, 11) is 1.40. The molecular weight excluding hydrogens is 745 g/mol. The number of alkyl halides is 3. The van der Waals surface area contributed by atoms with E-state index in [0.29, 0.717) is 8.95 Å². The number of ether oxygens (including phenoxy) is 5. The summed E-state index contributed by atoms with van der Waals surface area (Å²) < 4.78 is 73.7. The lowest BCUT2D eigenvalue weighted by Crippen LogP contribution is -2.67. The highest BCUT2D eigenvalue weighted by Crippen LogP contribution is 2.55. The molecule has 0 bridgehead atoms. The second kappa shape index (κ2) is 12.7. The highest BCUT2D eigenvalue weighted by atomic mass is 79.9. The molecule has 0 unspecified atom stereocenters. The first-order chi connectivity index (χ1) is 21.8. The molecule has 9 nitrogen and oxygen atoms in total. The smallest absolute Gasteiger partial charge is 0.416 e. The Bertz CT molecular complexity index is 1530. The van der Waals surface area contributed by atoms with Crippen molar-refractivity contribution in [1.82, 2.24) is 0 Å². The Kier molecular flexibility index (Phi) is 9.35. The number of fused-ring (bicyclic) bond motifs is 2. The van der Waals surface area contributed by atoms with E-state index in [-0.39, 0.29) is 54.2 Å². The van der Waals surface area contributed by atoms with E-state index in [1.807, 2.05) is 0 Å². The summed E-state index contributed by atoms with van der Waals surface area (Å²) in [5, 5.41) is 45.3. The molecule has 1 saturated carbocycles. The first-order valence-corrected chi connectivity index (χ1v) is 16.0. The molecule has 1 aliphatic carbocycles. The van der Waals surface area contributed by atoms with Crippen LogP contribution in [0.4, 0.5) is 13.2 Å². The molecule has 3 aliphatic rings. The number of aliphatic hydroxyl groups is 4. The molecule has 6 atom stereocenters. The molecule has 2 aliphatic heterocycles. The van der Waals surface area contributed by atoms with E-state index in [1.165, 1.54) is 19.2 Å². The Morgan fingerprint density at radius 3 is 1.87 bits per heavy atom. The zero-order chi connectivity index (χ0) is 33.0. The third-order valence-corrected chi connectivity index (χ3v) is 9.78. The molecule has 0 spiro atoms. The molecule has 248 valence electrons. The van der Waals surface area contributed by atoms with Crippen molar-refractivity contribution in [2.24, 2.45) is 0 Å². The average Bonchev–Trinajstić information content (AvgIpc) is 3.04. The fraction of sp³-hybridized carbons (Fsp3) is 0.438. The molecule has 2 fully saturated rings. The van der Waals surface area contributed by atoms with Crippen molar-refractivity contribution in [2.45, 2.75) is 67.0 Å². The maximum atomic E-state index is 14.1. The number of halogens is 5. The third kappa shape index (κ3) is 5.91. The van der Waals surface area contributed by atoms with Crippen molar-refractivity contribution in [3.63, 3.8) is 0 Å². The van der Waals surface area contributed by atoms with Gasteiger partial charge < -0.3 is 44.1 Å². The van der Waals surface area contributed by atoms with Gasteiger partial charge in [0.2, 0.25) is 0 Å². The van der Waals surface area contributed by atoms with E-state index in [9.17, 15) is 33.6 Å². The van der Waals surface area contributed by atoms with E-state index >= 15 is 0 Å². The topological polar surface area (TPSA) is 127 Å². The van der Waals surface area contributed by atoms with Crippen LogP contribution in [0.25, 0.3) is 0 Å². The molecule has 46 heavy (non-hydrogen) atoms. The lowest BCUT2D eigenvalue weighted by Gasteiger charge is -2.50. The van der Waals surface area contributed by atoms with Gasteiger partial charge in [0.15, 0.2) is 11.4 Å². The van der Waals surface area contributed by atoms with Crippen molar-refractivity contribution in [3.05, 3.63) is 91.9 Å². The van der Waals surface area contributed by atoms with Gasteiger partial charge in [-0.25, -0.2) is 0 Å². The Balaban J connectivity index is 1.55. The zero-order valence-electron chi connectivity index (χ0n) is 24.3. The Hall–Kier alpha value is -2.11. The quantitative estimate of drug-likeness (QED) is 0.256. The van der Waals surface area contributed by atoms with Crippen LogP contribution in [0, 0.1) is 0 Å². The summed E-state index contributed by atoms with van der Waals surface area (Å²) >= 11 is 6.89.